The Hall–Kier alpha value is -9.56. The molecule has 8 aliphatic carbocycles. The van der Waals surface area contributed by atoms with Crippen LogP contribution in [0.2, 0.25) is 0 Å². The molecule has 0 bridgehead atoms. The zero-order valence-corrected chi connectivity index (χ0v) is 67.3. The lowest BCUT2D eigenvalue weighted by molar-refractivity contribution is 0.0937. The third kappa shape index (κ3) is 18.5. The SMILES string of the molecule is O=C(Nc1c2c(cc3c1CCC3)CCC2)NS(=O)(=O)c1ccn(CC2CCOC2)n1.O=C(Nc1c2c(cc3c1CCC3)CCC2)NS(=O)(=O)c1ccn(CCCO)n1.O=C(Nc1c2c(cc3c1CCC3)CCC2)NS(=O)(=O)c1ccn(CCO)n1.O=C(Nc1c2c(cc3c1CCC3)CCC2)NS(=O)(=O)c1ccn(C[C@H]2CCCO2)n1. The number of fused-ring (bicyclic) bond motifs is 8. The summed E-state index contributed by atoms with van der Waals surface area (Å²) < 4.78 is 126. The minimum absolute atomic E-state index is 0.00564. The third-order valence-corrected chi connectivity index (χ3v) is 28.0. The summed E-state index contributed by atoms with van der Waals surface area (Å²) in [6, 6.07) is 11.5. The molecular weight excluding hydrogens is 1560 g/mol. The van der Waals surface area contributed by atoms with E-state index in [1.54, 1.807) is 21.8 Å². The van der Waals surface area contributed by atoms with E-state index in [1.807, 2.05) is 4.72 Å². The van der Waals surface area contributed by atoms with Gasteiger partial charge in [0.1, 0.15) is 0 Å². The molecule has 8 amide bonds. The van der Waals surface area contributed by atoms with Crippen molar-refractivity contribution in [2.45, 2.75) is 232 Å². The van der Waals surface area contributed by atoms with Crippen LogP contribution in [0.1, 0.15) is 166 Å². The van der Waals surface area contributed by atoms with E-state index in [1.165, 1.54) is 90.5 Å². The van der Waals surface area contributed by atoms with Gasteiger partial charge < -0.3 is 41.0 Å². The van der Waals surface area contributed by atoms with E-state index in [0.29, 0.717) is 38.6 Å². The second-order valence-electron chi connectivity index (χ2n) is 30.9. The van der Waals surface area contributed by atoms with E-state index in [0.717, 1.165) is 254 Å². The van der Waals surface area contributed by atoms with Crippen molar-refractivity contribution in [3.8, 4) is 0 Å². The van der Waals surface area contributed by atoms with Crippen molar-refractivity contribution < 1.29 is 72.5 Å². The van der Waals surface area contributed by atoms with Crippen molar-refractivity contribution in [1.29, 1.82) is 0 Å². The number of sulfonamides is 4. The lowest BCUT2D eigenvalue weighted by atomic mass is 9.99. The summed E-state index contributed by atoms with van der Waals surface area (Å²) in [5.74, 6) is 0.332. The molecule has 4 aromatic heterocycles. The van der Waals surface area contributed by atoms with Crippen molar-refractivity contribution in [3.05, 3.63) is 162 Å². The highest BCUT2D eigenvalue weighted by molar-refractivity contribution is 7.90. The average molecular weight is 1660 g/mol. The van der Waals surface area contributed by atoms with Crippen LogP contribution in [0.25, 0.3) is 0 Å². The highest BCUT2D eigenvalue weighted by Gasteiger charge is 2.34. The van der Waals surface area contributed by atoms with Gasteiger partial charge in [0, 0.05) is 86.4 Å². The molecule has 614 valence electrons. The van der Waals surface area contributed by atoms with Gasteiger partial charge in [-0.1, -0.05) is 24.3 Å². The number of ether oxygens (including phenoxy) is 2. The number of nitrogens with one attached hydrogen (secondary N) is 8. The molecule has 36 heteroatoms. The summed E-state index contributed by atoms with van der Waals surface area (Å²) in [5, 5.41) is 44.4. The molecule has 0 spiro atoms. The first-order chi connectivity index (χ1) is 55.4. The number of aromatic nitrogens is 8. The summed E-state index contributed by atoms with van der Waals surface area (Å²) >= 11 is 0. The predicted molar refractivity (Wildman–Crippen MR) is 425 cm³/mol. The Balaban J connectivity index is 0.000000121. The Labute approximate surface area is 668 Å². The molecule has 6 heterocycles. The summed E-state index contributed by atoms with van der Waals surface area (Å²) in [4.78, 5) is 50.2. The van der Waals surface area contributed by atoms with Gasteiger partial charge in [0.15, 0.2) is 20.1 Å². The van der Waals surface area contributed by atoms with Gasteiger partial charge in [-0.05, 0) is 293 Å². The van der Waals surface area contributed by atoms with E-state index < -0.39 is 64.2 Å². The van der Waals surface area contributed by atoms with Crippen LogP contribution in [0, 0.1) is 5.92 Å². The Kier molecular flexibility index (Phi) is 24.3. The number of carbonyl (C=O) groups is 4. The van der Waals surface area contributed by atoms with E-state index in [-0.39, 0.29) is 46.0 Å². The Morgan fingerprint density at radius 2 is 0.661 bits per heavy atom. The topological polar surface area (TPSA) is 431 Å². The van der Waals surface area contributed by atoms with E-state index >= 15 is 0 Å². The fraction of sp³-hybridized carbons (Fsp3) is 0.494. The molecule has 2 atom stereocenters. The molecule has 32 nitrogen and oxygen atoms in total. The third-order valence-electron chi connectivity index (χ3n) is 23.1. The van der Waals surface area contributed by atoms with Crippen LogP contribution in [0.15, 0.2) is 93.4 Å². The number of aliphatic hydroxyl groups is 2. The number of nitrogens with zero attached hydrogens (tertiary/aromatic N) is 8. The maximum absolute atomic E-state index is 12.7. The van der Waals surface area contributed by atoms with Gasteiger partial charge in [0.2, 0.25) is 0 Å². The molecule has 2 fully saturated rings. The number of amides is 8. The Morgan fingerprint density at radius 1 is 0.365 bits per heavy atom. The van der Waals surface area contributed by atoms with Crippen molar-refractivity contribution in [2.75, 3.05) is 54.3 Å². The van der Waals surface area contributed by atoms with Gasteiger partial charge in [-0.25, -0.2) is 38.1 Å². The maximum Gasteiger partial charge on any atom is 0.333 e. The molecule has 115 heavy (non-hydrogen) atoms. The summed E-state index contributed by atoms with van der Waals surface area (Å²) in [6.45, 7) is 3.65. The molecule has 2 aliphatic heterocycles. The predicted octanol–water partition coefficient (Wildman–Crippen LogP) is 8.07. The smallest absolute Gasteiger partial charge is 0.333 e. The first-order valence-electron chi connectivity index (χ1n) is 40.0. The summed E-state index contributed by atoms with van der Waals surface area (Å²) in [6.07, 6.45) is 33.4. The molecule has 0 saturated carbocycles. The standard InChI is InChI=1S/2C21H26N4O4S.C19H24N4O4S.C18H22N4O4S/c26-21(22-20-17-7-1-4-14(17)12-15-5-2-8-18(15)20)24-30(27,28)19-9-10-25(23-19)13-16-6-3-11-29-16;26-21(22-20-17-5-1-3-15(17)11-16-4-2-6-18(16)20)24-30(27,28)19-7-9-25(23-19)12-14-8-10-29-13-14;24-11-3-9-23-10-8-17(21-23)28(26,27)22-19(25)20-18-15-6-1-4-13(15)12-14-5-2-7-16(14)18;23-10-9-22-8-7-16(20-22)27(25,26)21-18(24)19-17-14-5-1-3-12(14)11-13-4-2-6-15(13)17/h9-10,12,16H,1-8,11,13H2,(H2,22,24,26);7,9,11,14H,1-6,8,10,12-13H2,(H2,22,24,26);8,10,12,24H,1-7,9,11H2,(H2,20,22,25);7-8,11,23H,1-6,9-10H2,(H2,19,21,24)/t16-;;;/m1.../s1. The zero-order chi connectivity index (χ0) is 80.2. The quantitative estimate of drug-likeness (QED) is 0.0325. The minimum atomic E-state index is -4.08. The normalized spacial score (nSPS) is 17.9. The second-order valence-corrected chi connectivity index (χ2v) is 37.4. The fourth-order valence-corrected chi connectivity index (χ4v) is 21.3. The molecule has 4 aromatic carbocycles. The number of aliphatic hydroxyl groups excluding tert-OH is 2. The number of rotatable bonds is 21. The highest BCUT2D eigenvalue weighted by atomic mass is 32.2. The van der Waals surface area contributed by atoms with E-state index in [9.17, 15) is 52.8 Å². The monoisotopic (exact) mass is 1650 g/mol. The number of carbonyl (C=O) groups excluding carboxylic acids is 4. The maximum atomic E-state index is 12.7. The van der Waals surface area contributed by atoms with Gasteiger partial charge in [-0.3, -0.25) is 18.7 Å². The first kappa shape index (κ1) is 80.6. The number of anilines is 4. The molecule has 8 aromatic rings. The molecule has 2 saturated heterocycles. The molecule has 10 N–H and O–H groups in total. The van der Waals surface area contributed by atoms with Crippen LogP contribution in [-0.4, -0.2) is 146 Å². The minimum Gasteiger partial charge on any atom is -0.396 e. The van der Waals surface area contributed by atoms with Crippen LogP contribution < -0.4 is 40.2 Å². The first-order valence-corrected chi connectivity index (χ1v) is 45.9. The largest absolute Gasteiger partial charge is 0.396 e. The summed E-state index contributed by atoms with van der Waals surface area (Å²) in [7, 11) is -16.3. The highest BCUT2D eigenvalue weighted by Crippen LogP contribution is 2.43. The average Bonchev–Trinajstić information content (AvgIpc) is 1.65. The molecule has 18 rings (SSSR count). The summed E-state index contributed by atoms with van der Waals surface area (Å²) in [5.41, 5.74) is 22.6. The fourth-order valence-electron chi connectivity index (χ4n) is 17.8. The van der Waals surface area contributed by atoms with Gasteiger partial charge in [-0.2, -0.15) is 54.1 Å². The molecule has 1 unspecified atom stereocenters. The van der Waals surface area contributed by atoms with Crippen LogP contribution in [0.3, 0.4) is 0 Å². The van der Waals surface area contributed by atoms with Gasteiger partial charge in [-0.15, -0.1) is 0 Å². The number of aryl methyl sites for hydroxylation is 9. The van der Waals surface area contributed by atoms with Crippen LogP contribution >= 0.6 is 0 Å². The Morgan fingerprint density at radius 3 is 0.939 bits per heavy atom. The van der Waals surface area contributed by atoms with E-state index in [2.05, 4.69) is 80.1 Å². The zero-order valence-electron chi connectivity index (χ0n) is 64.1. The van der Waals surface area contributed by atoms with Gasteiger partial charge in [0.05, 0.1) is 32.4 Å². The molecular formula is C79H98N16O16S4. The lowest BCUT2D eigenvalue weighted by Crippen LogP contribution is -2.35. The van der Waals surface area contributed by atoms with Crippen molar-refractivity contribution >= 4 is 87.0 Å². The number of hydrogen-bond acceptors (Lipinski definition) is 20. The number of hydrogen-bond donors (Lipinski definition) is 10. The van der Waals surface area contributed by atoms with Crippen molar-refractivity contribution in [3.63, 3.8) is 0 Å². The lowest BCUT2D eigenvalue weighted by Gasteiger charge is -2.16. The molecule has 10 aliphatic rings. The second kappa shape index (κ2) is 34.7. The van der Waals surface area contributed by atoms with Crippen LogP contribution in [0.4, 0.5) is 41.9 Å². The number of benzene rings is 4. The Bertz CT molecular complexity index is 5230. The van der Waals surface area contributed by atoms with Crippen LogP contribution in [-0.2, 0) is 178 Å². The molecule has 0 radical (unpaired) electrons. The number of urea groups is 4. The van der Waals surface area contributed by atoms with Crippen LogP contribution in [0.5, 0.6) is 0 Å². The van der Waals surface area contributed by atoms with Crippen molar-refractivity contribution in [2.24, 2.45) is 5.92 Å². The van der Waals surface area contributed by atoms with E-state index in [4.69, 9.17) is 19.7 Å². The van der Waals surface area contributed by atoms with Crippen molar-refractivity contribution in [1.82, 2.24) is 58.0 Å². The van der Waals surface area contributed by atoms with Gasteiger partial charge >= 0.3 is 24.1 Å². The van der Waals surface area contributed by atoms with Gasteiger partial charge in [0.25, 0.3) is 40.1 Å².